The maximum absolute atomic E-state index is 10.0. The fourth-order valence-corrected chi connectivity index (χ4v) is 3.76. The van der Waals surface area contributed by atoms with Crippen molar-refractivity contribution in [2.45, 2.75) is 44.4 Å². The summed E-state index contributed by atoms with van der Waals surface area (Å²) < 4.78 is 5.95. The van der Waals surface area contributed by atoms with Gasteiger partial charge in [-0.15, -0.1) is 0 Å². The van der Waals surface area contributed by atoms with Crippen molar-refractivity contribution in [3.05, 3.63) is 60.2 Å². The summed E-state index contributed by atoms with van der Waals surface area (Å²) in [5.74, 6) is 2.55. The molecule has 0 aromatic heterocycles. The summed E-state index contributed by atoms with van der Waals surface area (Å²) >= 11 is 0. The lowest BCUT2D eigenvalue weighted by Crippen LogP contribution is -2.44. The predicted molar refractivity (Wildman–Crippen MR) is 95.1 cm³/mol. The van der Waals surface area contributed by atoms with E-state index < -0.39 is 0 Å². The molecule has 2 aliphatic rings. The Morgan fingerprint density at radius 2 is 1.75 bits per heavy atom. The first kappa shape index (κ1) is 15.7. The third-order valence-electron chi connectivity index (χ3n) is 5.16. The molecule has 3 heteroatoms. The smallest absolute Gasteiger partial charge is 0.127 e. The number of piperidine rings is 1. The molecule has 1 saturated heterocycles. The van der Waals surface area contributed by atoms with Crippen LogP contribution in [0.5, 0.6) is 11.5 Å². The SMILES string of the molecule is O[C@@H]1CCN(Cc2cccc(Oc3ccccc3)c2)[C@@H](C2CC2)C1. The Morgan fingerprint density at radius 1 is 0.958 bits per heavy atom. The van der Waals surface area contributed by atoms with Gasteiger partial charge in [-0.3, -0.25) is 4.90 Å². The van der Waals surface area contributed by atoms with Gasteiger partial charge in [0.05, 0.1) is 6.10 Å². The molecule has 2 fully saturated rings. The van der Waals surface area contributed by atoms with E-state index in [0.717, 1.165) is 43.3 Å². The van der Waals surface area contributed by atoms with Crippen molar-refractivity contribution < 1.29 is 9.84 Å². The van der Waals surface area contributed by atoms with Gasteiger partial charge in [0.1, 0.15) is 11.5 Å². The highest BCUT2D eigenvalue weighted by Crippen LogP contribution is 2.40. The number of para-hydroxylation sites is 1. The van der Waals surface area contributed by atoms with Crippen molar-refractivity contribution in [2.75, 3.05) is 6.54 Å². The van der Waals surface area contributed by atoms with E-state index >= 15 is 0 Å². The highest BCUT2D eigenvalue weighted by atomic mass is 16.5. The lowest BCUT2D eigenvalue weighted by atomic mass is 9.95. The number of hydrogen-bond donors (Lipinski definition) is 1. The van der Waals surface area contributed by atoms with Crippen LogP contribution in [0.15, 0.2) is 54.6 Å². The standard InChI is InChI=1S/C21H25NO2/c23-18-11-12-22(21(14-18)17-9-10-17)15-16-5-4-8-20(13-16)24-19-6-2-1-3-7-19/h1-8,13,17-18,21,23H,9-12,14-15H2/t18-,21-/m1/s1. The highest BCUT2D eigenvalue weighted by Gasteiger charge is 2.38. The Balaban J connectivity index is 1.45. The van der Waals surface area contributed by atoms with Gasteiger partial charge in [0.2, 0.25) is 0 Å². The number of aliphatic hydroxyl groups excluding tert-OH is 1. The molecule has 1 saturated carbocycles. The van der Waals surface area contributed by atoms with Crippen molar-refractivity contribution in [2.24, 2.45) is 5.92 Å². The number of benzene rings is 2. The van der Waals surface area contributed by atoms with Gasteiger partial charge >= 0.3 is 0 Å². The van der Waals surface area contributed by atoms with Crippen molar-refractivity contribution in [3.63, 3.8) is 0 Å². The van der Waals surface area contributed by atoms with E-state index in [-0.39, 0.29) is 6.10 Å². The number of rotatable bonds is 5. The molecule has 1 aliphatic carbocycles. The number of aliphatic hydroxyl groups is 1. The van der Waals surface area contributed by atoms with Gasteiger partial charge in [-0.1, -0.05) is 30.3 Å². The van der Waals surface area contributed by atoms with Crippen LogP contribution in [0.25, 0.3) is 0 Å². The Labute approximate surface area is 143 Å². The van der Waals surface area contributed by atoms with Crippen LogP contribution < -0.4 is 4.74 Å². The molecule has 1 aliphatic heterocycles. The van der Waals surface area contributed by atoms with Gasteiger partial charge in [0, 0.05) is 19.1 Å². The van der Waals surface area contributed by atoms with Gasteiger partial charge in [-0.25, -0.2) is 0 Å². The molecule has 126 valence electrons. The van der Waals surface area contributed by atoms with Crippen LogP contribution in [0, 0.1) is 5.92 Å². The Kier molecular flexibility index (Phi) is 4.54. The molecule has 0 amide bonds. The number of ether oxygens (including phenoxy) is 1. The third kappa shape index (κ3) is 3.80. The zero-order chi connectivity index (χ0) is 16.4. The van der Waals surface area contributed by atoms with Crippen molar-refractivity contribution >= 4 is 0 Å². The normalized spacial score (nSPS) is 24.7. The zero-order valence-corrected chi connectivity index (χ0v) is 14.0. The van der Waals surface area contributed by atoms with Gasteiger partial charge in [-0.05, 0) is 61.4 Å². The largest absolute Gasteiger partial charge is 0.457 e. The minimum atomic E-state index is -0.111. The minimum absolute atomic E-state index is 0.111. The lowest BCUT2D eigenvalue weighted by molar-refractivity contribution is 0.0283. The number of likely N-dealkylation sites (tertiary alicyclic amines) is 1. The van der Waals surface area contributed by atoms with Crippen molar-refractivity contribution in [3.8, 4) is 11.5 Å². The summed E-state index contributed by atoms with van der Waals surface area (Å²) in [5.41, 5.74) is 1.28. The van der Waals surface area contributed by atoms with Crippen molar-refractivity contribution in [1.29, 1.82) is 0 Å². The summed E-state index contributed by atoms with van der Waals surface area (Å²) in [6, 6.07) is 18.8. The van der Waals surface area contributed by atoms with Gasteiger partial charge in [-0.2, -0.15) is 0 Å². The van der Waals surface area contributed by atoms with Crippen LogP contribution in [0.1, 0.15) is 31.2 Å². The average Bonchev–Trinajstić information content (AvgIpc) is 3.43. The first-order valence-electron chi connectivity index (χ1n) is 9.02. The summed E-state index contributed by atoms with van der Waals surface area (Å²) in [7, 11) is 0. The lowest BCUT2D eigenvalue weighted by Gasteiger charge is -2.38. The fourth-order valence-electron chi connectivity index (χ4n) is 3.76. The second kappa shape index (κ2) is 6.96. The van der Waals surface area contributed by atoms with E-state index in [0.29, 0.717) is 6.04 Å². The van der Waals surface area contributed by atoms with Crippen LogP contribution in [0.2, 0.25) is 0 Å². The van der Waals surface area contributed by atoms with Crippen LogP contribution in [0.3, 0.4) is 0 Å². The molecule has 3 nitrogen and oxygen atoms in total. The molecule has 2 atom stereocenters. The molecular weight excluding hydrogens is 298 g/mol. The molecule has 0 bridgehead atoms. The molecule has 0 radical (unpaired) electrons. The first-order chi connectivity index (χ1) is 11.8. The average molecular weight is 323 g/mol. The molecule has 2 aromatic rings. The minimum Gasteiger partial charge on any atom is -0.457 e. The van der Waals surface area contributed by atoms with E-state index in [1.165, 1.54) is 18.4 Å². The van der Waals surface area contributed by atoms with E-state index in [1.54, 1.807) is 0 Å². The molecule has 24 heavy (non-hydrogen) atoms. The second-order valence-electron chi connectivity index (χ2n) is 7.12. The number of hydrogen-bond acceptors (Lipinski definition) is 3. The fraction of sp³-hybridized carbons (Fsp3) is 0.429. The van der Waals surface area contributed by atoms with Crippen molar-refractivity contribution in [1.82, 2.24) is 4.90 Å². The van der Waals surface area contributed by atoms with E-state index in [2.05, 4.69) is 23.1 Å². The Hall–Kier alpha value is -1.84. The summed E-state index contributed by atoms with van der Waals surface area (Å²) in [4.78, 5) is 2.56. The third-order valence-corrected chi connectivity index (χ3v) is 5.16. The topological polar surface area (TPSA) is 32.7 Å². The van der Waals surface area contributed by atoms with Gasteiger partial charge in [0.15, 0.2) is 0 Å². The molecular formula is C21H25NO2. The molecule has 4 rings (SSSR count). The molecule has 1 heterocycles. The zero-order valence-electron chi connectivity index (χ0n) is 14.0. The van der Waals surface area contributed by atoms with Crippen LogP contribution in [-0.2, 0) is 6.54 Å². The Morgan fingerprint density at radius 3 is 2.54 bits per heavy atom. The van der Waals surface area contributed by atoms with Crippen LogP contribution in [-0.4, -0.2) is 28.7 Å². The summed E-state index contributed by atoms with van der Waals surface area (Å²) in [5, 5.41) is 10.0. The Bertz CT molecular complexity index is 669. The maximum Gasteiger partial charge on any atom is 0.127 e. The van der Waals surface area contributed by atoms with Crippen LogP contribution >= 0.6 is 0 Å². The van der Waals surface area contributed by atoms with E-state index in [9.17, 15) is 5.11 Å². The quantitative estimate of drug-likeness (QED) is 0.894. The van der Waals surface area contributed by atoms with Gasteiger partial charge in [0.25, 0.3) is 0 Å². The van der Waals surface area contributed by atoms with E-state index in [4.69, 9.17) is 4.74 Å². The number of nitrogens with zero attached hydrogens (tertiary/aromatic N) is 1. The van der Waals surface area contributed by atoms with E-state index in [1.807, 2.05) is 36.4 Å². The predicted octanol–water partition coefficient (Wildman–Crippen LogP) is 4.21. The molecule has 0 unspecified atom stereocenters. The second-order valence-corrected chi connectivity index (χ2v) is 7.12. The highest BCUT2D eigenvalue weighted by molar-refractivity contribution is 5.33. The molecule has 0 spiro atoms. The first-order valence-corrected chi connectivity index (χ1v) is 9.02. The van der Waals surface area contributed by atoms with Gasteiger partial charge < -0.3 is 9.84 Å². The maximum atomic E-state index is 10.0. The summed E-state index contributed by atoms with van der Waals surface area (Å²) in [6.07, 6.45) is 4.37. The molecule has 2 aromatic carbocycles. The monoisotopic (exact) mass is 323 g/mol. The summed E-state index contributed by atoms with van der Waals surface area (Å²) in [6.45, 7) is 1.94. The molecule has 1 N–H and O–H groups in total. The van der Waals surface area contributed by atoms with Crippen LogP contribution in [0.4, 0.5) is 0 Å².